The van der Waals surface area contributed by atoms with Gasteiger partial charge >= 0.3 is 5.69 Å². The highest BCUT2D eigenvalue weighted by atomic mass is 19.1. The summed E-state index contributed by atoms with van der Waals surface area (Å²) in [5.41, 5.74) is -0.0770. The Morgan fingerprint density at radius 2 is 2.10 bits per heavy atom. The SMILES string of the molecule is O=[N+]([O-])c1cccnc1NCC(O)c1ccccc1F. The van der Waals surface area contributed by atoms with Crippen molar-refractivity contribution in [2.24, 2.45) is 0 Å². The molecule has 2 N–H and O–H groups in total. The molecule has 1 atom stereocenters. The van der Waals surface area contributed by atoms with Gasteiger partial charge in [0.15, 0.2) is 0 Å². The molecular weight excluding hydrogens is 265 g/mol. The van der Waals surface area contributed by atoms with E-state index in [1.165, 1.54) is 36.5 Å². The van der Waals surface area contributed by atoms with Crippen LogP contribution in [0.25, 0.3) is 0 Å². The van der Waals surface area contributed by atoms with E-state index in [1.54, 1.807) is 6.07 Å². The molecule has 2 rings (SSSR count). The van der Waals surface area contributed by atoms with Crippen molar-refractivity contribution in [1.82, 2.24) is 4.98 Å². The molecular formula is C13H12FN3O3. The standard InChI is InChI=1S/C13H12FN3O3/c14-10-5-2-1-4-9(10)12(18)8-16-13-11(17(19)20)6-3-7-15-13/h1-7,12,18H,8H2,(H,15,16). The van der Waals surface area contributed by atoms with E-state index in [2.05, 4.69) is 10.3 Å². The van der Waals surface area contributed by atoms with Gasteiger partial charge in [-0.05, 0) is 12.1 Å². The van der Waals surface area contributed by atoms with E-state index in [1.807, 2.05) is 0 Å². The predicted molar refractivity (Wildman–Crippen MR) is 70.7 cm³/mol. The van der Waals surface area contributed by atoms with Crippen LogP contribution in [0.2, 0.25) is 0 Å². The summed E-state index contributed by atoms with van der Waals surface area (Å²) in [5.74, 6) is -0.495. The molecule has 1 heterocycles. The van der Waals surface area contributed by atoms with Gasteiger partial charge in [0.1, 0.15) is 5.82 Å². The third-order valence-corrected chi connectivity index (χ3v) is 2.71. The first-order valence-electron chi connectivity index (χ1n) is 5.85. The molecule has 0 radical (unpaired) electrons. The highest BCUT2D eigenvalue weighted by Crippen LogP contribution is 2.22. The van der Waals surface area contributed by atoms with Crippen molar-refractivity contribution in [2.45, 2.75) is 6.10 Å². The summed E-state index contributed by atoms with van der Waals surface area (Å²) in [4.78, 5) is 14.0. The fraction of sp³-hybridized carbons (Fsp3) is 0.154. The molecule has 0 saturated heterocycles. The first-order chi connectivity index (χ1) is 9.59. The number of benzene rings is 1. The lowest BCUT2D eigenvalue weighted by Gasteiger charge is -2.13. The second-order valence-corrected chi connectivity index (χ2v) is 4.05. The minimum atomic E-state index is -1.13. The Morgan fingerprint density at radius 3 is 2.80 bits per heavy atom. The second-order valence-electron chi connectivity index (χ2n) is 4.05. The van der Waals surface area contributed by atoms with Crippen molar-refractivity contribution in [1.29, 1.82) is 0 Å². The Kier molecular flexibility index (Phi) is 4.21. The van der Waals surface area contributed by atoms with Gasteiger partial charge in [0.25, 0.3) is 0 Å². The zero-order valence-electron chi connectivity index (χ0n) is 10.4. The Labute approximate surface area is 114 Å². The van der Waals surface area contributed by atoms with Gasteiger partial charge in [0.2, 0.25) is 5.82 Å². The maximum atomic E-state index is 13.5. The van der Waals surface area contributed by atoms with Crippen LogP contribution in [-0.4, -0.2) is 21.6 Å². The van der Waals surface area contributed by atoms with Crippen molar-refractivity contribution < 1.29 is 14.4 Å². The van der Waals surface area contributed by atoms with E-state index >= 15 is 0 Å². The summed E-state index contributed by atoms with van der Waals surface area (Å²) in [6, 6.07) is 8.55. The van der Waals surface area contributed by atoms with Crippen LogP contribution in [0, 0.1) is 15.9 Å². The number of halogens is 1. The van der Waals surface area contributed by atoms with Gasteiger partial charge in [-0.2, -0.15) is 0 Å². The average molecular weight is 277 g/mol. The predicted octanol–water partition coefficient (Wildman–Crippen LogP) is 2.27. The number of hydrogen-bond acceptors (Lipinski definition) is 5. The zero-order chi connectivity index (χ0) is 14.5. The van der Waals surface area contributed by atoms with Gasteiger partial charge in [-0.3, -0.25) is 10.1 Å². The molecule has 2 aromatic rings. The smallest absolute Gasteiger partial charge is 0.311 e. The lowest BCUT2D eigenvalue weighted by atomic mass is 10.1. The first-order valence-corrected chi connectivity index (χ1v) is 5.85. The average Bonchev–Trinajstić information content (AvgIpc) is 2.45. The molecule has 7 heteroatoms. The number of nitro groups is 1. The van der Waals surface area contributed by atoms with Gasteiger partial charge in [-0.15, -0.1) is 0 Å². The number of nitrogens with zero attached hydrogens (tertiary/aromatic N) is 2. The molecule has 6 nitrogen and oxygen atoms in total. The van der Waals surface area contributed by atoms with Crippen LogP contribution in [0.3, 0.4) is 0 Å². The van der Waals surface area contributed by atoms with Gasteiger partial charge in [0, 0.05) is 24.4 Å². The fourth-order valence-corrected chi connectivity index (χ4v) is 1.73. The summed E-state index contributed by atoms with van der Waals surface area (Å²) < 4.78 is 13.5. The van der Waals surface area contributed by atoms with Crippen LogP contribution >= 0.6 is 0 Å². The van der Waals surface area contributed by atoms with Crippen molar-refractivity contribution in [3.63, 3.8) is 0 Å². The molecule has 104 valence electrons. The molecule has 1 unspecified atom stereocenters. The number of aliphatic hydroxyl groups is 1. The van der Waals surface area contributed by atoms with Crippen LogP contribution in [0.5, 0.6) is 0 Å². The van der Waals surface area contributed by atoms with E-state index in [-0.39, 0.29) is 23.6 Å². The van der Waals surface area contributed by atoms with Crippen LogP contribution in [0.1, 0.15) is 11.7 Å². The highest BCUT2D eigenvalue weighted by Gasteiger charge is 2.17. The molecule has 0 aliphatic carbocycles. The van der Waals surface area contributed by atoms with E-state index in [0.29, 0.717) is 0 Å². The van der Waals surface area contributed by atoms with Crippen LogP contribution in [0.4, 0.5) is 15.9 Å². The molecule has 0 fully saturated rings. The number of nitrogens with one attached hydrogen (secondary N) is 1. The molecule has 0 bridgehead atoms. The molecule has 0 amide bonds. The topological polar surface area (TPSA) is 88.3 Å². The Morgan fingerprint density at radius 1 is 1.35 bits per heavy atom. The molecule has 1 aromatic heterocycles. The van der Waals surface area contributed by atoms with E-state index < -0.39 is 16.8 Å². The van der Waals surface area contributed by atoms with E-state index in [4.69, 9.17) is 0 Å². The Balaban J connectivity index is 2.10. The monoisotopic (exact) mass is 277 g/mol. The van der Waals surface area contributed by atoms with Gasteiger partial charge in [-0.1, -0.05) is 18.2 Å². The van der Waals surface area contributed by atoms with E-state index in [9.17, 15) is 19.6 Å². The highest BCUT2D eigenvalue weighted by molar-refractivity contribution is 5.55. The lowest BCUT2D eigenvalue weighted by molar-refractivity contribution is -0.384. The second kappa shape index (κ2) is 6.07. The number of anilines is 1. The summed E-state index contributed by atoms with van der Waals surface area (Å²) in [6.45, 7) is -0.0845. The minimum absolute atomic E-state index is 0.0351. The number of rotatable bonds is 5. The van der Waals surface area contributed by atoms with Gasteiger partial charge < -0.3 is 10.4 Å². The number of hydrogen-bond donors (Lipinski definition) is 2. The van der Waals surface area contributed by atoms with Crippen molar-refractivity contribution in [2.75, 3.05) is 11.9 Å². The molecule has 0 aliphatic rings. The summed E-state index contributed by atoms with van der Waals surface area (Å²) in [7, 11) is 0. The van der Waals surface area contributed by atoms with Crippen molar-refractivity contribution in [3.8, 4) is 0 Å². The minimum Gasteiger partial charge on any atom is -0.386 e. The molecule has 0 saturated carbocycles. The first kappa shape index (κ1) is 13.9. The third-order valence-electron chi connectivity index (χ3n) is 2.71. The summed E-state index contributed by atoms with van der Waals surface area (Å²) in [5, 5.41) is 23.3. The maximum Gasteiger partial charge on any atom is 0.311 e. The lowest BCUT2D eigenvalue weighted by Crippen LogP contribution is -2.15. The number of aromatic nitrogens is 1. The van der Waals surface area contributed by atoms with Crippen LogP contribution in [0.15, 0.2) is 42.6 Å². The van der Waals surface area contributed by atoms with Gasteiger partial charge in [0.05, 0.1) is 11.0 Å². The number of aliphatic hydroxyl groups excluding tert-OH is 1. The molecule has 0 aliphatic heterocycles. The Hall–Kier alpha value is -2.54. The largest absolute Gasteiger partial charge is 0.386 e. The zero-order valence-corrected chi connectivity index (χ0v) is 10.4. The number of pyridine rings is 1. The Bertz CT molecular complexity index is 621. The normalized spacial score (nSPS) is 11.9. The summed E-state index contributed by atoms with van der Waals surface area (Å²) in [6.07, 6.45) is 0.267. The summed E-state index contributed by atoms with van der Waals surface area (Å²) >= 11 is 0. The molecule has 0 spiro atoms. The molecule has 20 heavy (non-hydrogen) atoms. The van der Waals surface area contributed by atoms with Gasteiger partial charge in [-0.25, -0.2) is 9.37 Å². The third kappa shape index (κ3) is 3.07. The maximum absolute atomic E-state index is 13.5. The quantitative estimate of drug-likeness (QED) is 0.646. The van der Waals surface area contributed by atoms with Crippen molar-refractivity contribution in [3.05, 3.63) is 64.1 Å². The van der Waals surface area contributed by atoms with Crippen LogP contribution in [-0.2, 0) is 0 Å². The van der Waals surface area contributed by atoms with E-state index in [0.717, 1.165) is 0 Å². The fourth-order valence-electron chi connectivity index (χ4n) is 1.73. The van der Waals surface area contributed by atoms with Crippen molar-refractivity contribution >= 4 is 11.5 Å². The van der Waals surface area contributed by atoms with Crippen LogP contribution < -0.4 is 5.32 Å². The molecule has 1 aromatic carbocycles.